The quantitative estimate of drug-likeness (QED) is 0.171. The molecule has 0 bridgehead atoms. The summed E-state index contributed by atoms with van der Waals surface area (Å²) < 4.78 is 3.85. The van der Waals surface area contributed by atoms with Gasteiger partial charge in [-0.1, -0.05) is 108 Å². The zero-order chi connectivity index (χ0) is 31.0. The van der Waals surface area contributed by atoms with Gasteiger partial charge in [0.15, 0.2) is 0 Å². The minimum absolute atomic E-state index is 0.678. The SMILES string of the molecule is CCN1C(=CC2=CC3=CC(=Cc4sc5ccc(-c6ccccc6)cc5[n+]4CC)CCC3CC2)Sc2ccc(-c3ccccc3)cc21. The molecule has 2 nitrogen and oxygen atoms in total. The number of aromatic nitrogens is 1. The maximum Gasteiger partial charge on any atom is 0.263 e. The van der Waals surface area contributed by atoms with E-state index in [-0.39, 0.29) is 0 Å². The molecule has 0 amide bonds. The highest BCUT2D eigenvalue weighted by molar-refractivity contribution is 8.03. The molecule has 46 heavy (non-hydrogen) atoms. The molecule has 8 rings (SSSR count). The Morgan fingerprint density at radius 1 is 0.761 bits per heavy atom. The van der Waals surface area contributed by atoms with Crippen LogP contribution in [-0.2, 0) is 6.54 Å². The highest BCUT2D eigenvalue weighted by Crippen LogP contribution is 2.48. The van der Waals surface area contributed by atoms with Crippen LogP contribution >= 0.6 is 23.1 Å². The maximum absolute atomic E-state index is 2.51. The number of thioether (sulfide) groups is 1. The van der Waals surface area contributed by atoms with E-state index in [2.05, 4.69) is 145 Å². The molecule has 4 heteroatoms. The smallest absolute Gasteiger partial charge is 0.263 e. The molecule has 2 heterocycles. The van der Waals surface area contributed by atoms with Crippen LogP contribution in [0.4, 0.5) is 5.69 Å². The molecule has 228 valence electrons. The van der Waals surface area contributed by atoms with Gasteiger partial charge in [-0.05, 0) is 109 Å². The van der Waals surface area contributed by atoms with Crippen molar-refractivity contribution in [3.05, 3.63) is 142 Å². The van der Waals surface area contributed by atoms with Crippen molar-refractivity contribution in [2.24, 2.45) is 5.92 Å². The van der Waals surface area contributed by atoms with Crippen LogP contribution in [0, 0.1) is 5.92 Å². The van der Waals surface area contributed by atoms with E-state index in [9.17, 15) is 0 Å². The van der Waals surface area contributed by atoms with Crippen LogP contribution in [0.25, 0.3) is 38.5 Å². The highest BCUT2D eigenvalue weighted by atomic mass is 32.2. The number of benzene rings is 4. The standard InChI is InChI=1S/C42H39N2S2/c1-3-43-37-27-34(31-11-7-5-8-12-31)19-21-39(37)45-41(43)25-29-15-17-33-18-16-30(24-36(33)23-29)26-42-44(4-2)38-28-35(20-22-40(38)46-42)32-13-9-6-10-14-32/h5-14,19-28,33H,3-4,15-18H2,1-2H3/q+1. The Kier molecular flexibility index (Phi) is 8.01. The van der Waals surface area contributed by atoms with Crippen molar-refractivity contribution < 1.29 is 4.57 Å². The van der Waals surface area contributed by atoms with Gasteiger partial charge in [0.2, 0.25) is 5.52 Å². The maximum atomic E-state index is 2.51. The van der Waals surface area contributed by atoms with E-state index in [1.807, 2.05) is 23.1 Å². The van der Waals surface area contributed by atoms with Crippen LogP contribution in [0.3, 0.4) is 0 Å². The van der Waals surface area contributed by atoms with Crippen molar-refractivity contribution in [1.29, 1.82) is 0 Å². The number of allylic oxidation sites excluding steroid dienone is 6. The Hall–Kier alpha value is -4.12. The van der Waals surface area contributed by atoms with Crippen molar-refractivity contribution >= 4 is 45.1 Å². The summed E-state index contributed by atoms with van der Waals surface area (Å²) >= 11 is 3.84. The van der Waals surface area contributed by atoms with E-state index < -0.39 is 0 Å². The van der Waals surface area contributed by atoms with Crippen LogP contribution in [0.15, 0.2) is 142 Å². The summed E-state index contributed by atoms with van der Waals surface area (Å²) in [5.41, 5.74) is 12.2. The molecule has 0 spiro atoms. The van der Waals surface area contributed by atoms with Crippen LogP contribution in [-0.4, -0.2) is 6.54 Å². The van der Waals surface area contributed by atoms with Crippen molar-refractivity contribution in [3.8, 4) is 22.3 Å². The lowest BCUT2D eigenvalue weighted by molar-refractivity contribution is -0.665. The number of rotatable bonds is 6. The molecule has 0 saturated carbocycles. The summed E-state index contributed by atoms with van der Waals surface area (Å²) in [6, 6.07) is 35.3. The molecule has 0 radical (unpaired) electrons. The number of nitrogens with zero attached hydrogens (tertiary/aromatic N) is 2. The summed E-state index contributed by atoms with van der Waals surface area (Å²) in [5.74, 6) is 0.678. The fourth-order valence-corrected chi connectivity index (χ4v) is 9.61. The van der Waals surface area contributed by atoms with Gasteiger partial charge in [-0.3, -0.25) is 0 Å². The number of fused-ring (bicyclic) bond motifs is 3. The van der Waals surface area contributed by atoms with E-state index in [0.29, 0.717) is 5.92 Å². The third-order valence-corrected chi connectivity index (χ3v) is 11.9. The van der Waals surface area contributed by atoms with E-state index >= 15 is 0 Å². The molecule has 1 unspecified atom stereocenters. The normalized spacial score (nSPS) is 19.3. The van der Waals surface area contributed by atoms with Crippen molar-refractivity contribution in [1.82, 2.24) is 0 Å². The Morgan fingerprint density at radius 3 is 2.22 bits per heavy atom. The van der Waals surface area contributed by atoms with Gasteiger partial charge in [-0.2, -0.15) is 4.57 Å². The molecule has 0 fully saturated rings. The van der Waals surface area contributed by atoms with Gasteiger partial charge in [-0.25, -0.2) is 0 Å². The second-order valence-electron chi connectivity index (χ2n) is 12.5. The fraction of sp³-hybridized carbons (Fsp3) is 0.214. The predicted molar refractivity (Wildman–Crippen MR) is 198 cm³/mol. The van der Waals surface area contributed by atoms with Crippen molar-refractivity contribution in [2.75, 3.05) is 11.4 Å². The first-order valence-electron chi connectivity index (χ1n) is 16.7. The second kappa shape index (κ2) is 12.6. The third kappa shape index (κ3) is 5.59. The minimum Gasteiger partial charge on any atom is -0.335 e. The number of anilines is 1. The van der Waals surface area contributed by atoms with E-state index in [0.717, 1.165) is 25.9 Å². The first kappa shape index (κ1) is 29.3. The average molecular weight is 636 g/mol. The zero-order valence-electron chi connectivity index (χ0n) is 26.6. The van der Waals surface area contributed by atoms with Gasteiger partial charge < -0.3 is 4.90 Å². The Balaban J connectivity index is 1.08. The molecule has 5 aromatic rings. The lowest BCUT2D eigenvalue weighted by Gasteiger charge is -2.28. The first-order valence-corrected chi connectivity index (χ1v) is 18.3. The average Bonchev–Trinajstić information content (AvgIpc) is 3.64. The van der Waals surface area contributed by atoms with Crippen molar-refractivity contribution in [3.63, 3.8) is 0 Å². The number of hydrogen-bond acceptors (Lipinski definition) is 3. The monoisotopic (exact) mass is 635 g/mol. The third-order valence-electron chi connectivity index (χ3n) is 9.66. The molecule has 2 aliphatic carbocycles. The van der Waals surface area contributed by atoms with Gasteiger partial charge in [0, 0.05) is 23.6 Å². The predicted octanol–water partition coefficient (Wildman–Crippen LogP) is 11.5. The molecule has 1 aliphatic heterocycles. The zero-order valence-corrected chi connectivity index (χ0v) is 28.2. The van der Waals surface area contributed by atoms with Gasteiger partial charge in [-0.15, -0.1) is 0 Å². The first-order chi connectivity index (χ1) is 22.7. The van der Waals surface area contributed by atoms with Crippen LogP contribution in [0.1, 0.15) is 44.5 Å². The summed E-state index contributed by atoms with van der Waals surface area (Å²) in [5, 5.41) is 2.70. The van der Waals surface area contributed by atoms with E-state index in [1.165, 1.54) is 82.7 Å². The van der Waals surface area contributed by atoms with Gasteiger partial charge in [0.05, 0.1) is 10.7 Å². The summed E-state index contributed by atoms with van der Waals surface area (Å²) in [6.07, 6.45) is 14.7. The lowest BCUT2D eigenvalue weighted by Crippen LogP contribution is -2.33. The molecular formula is C42H39N2S2+. The Labute approximate surface area is 281 Å². The highest BCUT2D eigenvalue weighted by Gasteiger charge is 2.28. The Bertz CT molecular complexity index is 2050. The number of aryl methyl sites for hydroxylation is 1. The second-order valence-corrected chi connectivity index (χ2v) is 14.6. The lowest BCUT2D eigenvalue weighted by atomic mass is 9.77. The molecule has 4 aromatic carbocycles. The minimum atomic E-state index is 0.678. The Morgan fingerprint density at radius 2 is 1.48 bits per heavy atom. The molecule has 3 aliphatic rings. The summed E-state index contributed by atoms with van der Waals surface area (Å²) in [7, 11) is 0. The van der Waals surface area contributed by atoms with Gasteiger partial charge in [0.25, 0.3) is 5.01 Å². The molecule has 0 N–H and O–H groups in total. The van der Waals surface area contributed by atoms with Crippen LogP contribution in [0.5, 0.6) is 0 Å². The van der Waals surface area contributed by atoms with Crippen molar-refractivity contribution in [2.45, 2.75) is 51.0 Å². The largest absolute Gasteiger partial charge is 0.335 e. The van der Waals surface area contributed by atoms with Crippen LogP contribution < -0.4 is 9.47 Å². The topological polar surface area (TPSA) is 7.12 Å². The van der Waals surface area contributed by atoms with E-state index in [4.69, 9.17) is 0 Å². The van der Waals surface area contributed by atoms with E-state index in [1.54, 1.807) is 0 Å². The van der Waals surface area contributed by atoms with Crippen LogP contribution in [0.2, 0.25) is 0 Å². The number of thiazole rings is 1. The summed E-state index contributed by atoms with van der Waals surface area (Å²) in [4.78, 5) is 3.85. The van der Waals surface area contributed by atoms with Gasteiger partial charge in [0.1, 0.15) is 11.2 Å². The summed E-state index contributed by atoms with van der Waals surface area (Å²) in [6.45, 7) is 6.47. The van der Waals surface area contributed by atoms with Gasteiger partial charge >= 0.3 is 0 Å². The molecule has 1 atom stereocenters. The fourth-order valence-electron chi connectivity index (χ4n) is 7.24. The molecular weight excluding hydrogens is 597 g/mol. The molecule has 0 saturated heterocycles. The molecule has 1 aromatic heterocycles. The number of hydrogen-bond donors (Lipinski definition) is 0.